The molecule has 1 aliphatic carbocycles. The monoisotopic (exact) mass is 330 g/mol. The van der Waals surface area contributed by atoms with Gasteiger partial charge in [-0.2, -0.15) is 5.10 Å². The highest BCUT2D eigenvalue weighted by Gasteiger charge is 2.47. The van der Waals surface area contributed by atoms with Gasteiger partial charge in [0.15, 0.2) is 5.82 Å². The molecule has 1 saturated carbocycles. The summed E-state index contributed by atoms with van der Waals surface area (Å²) in [6.45, 7) is 2.66. The molecule has 3 heterocycles. The minimum Gasteiger partial charge on any atom is -0.469 e. The Labute approximate surface area is 139 Å². The lowest BCUT2D eigenvalue weighted by atomic mass is 9.94. The summed E-state index contributed by atoms with van der Waals surface area (Å²) in [7, 11) is 1.71. The van der Waals surface area contributed by atoms with Crippen molar-refractivity contribution in [1.29, 1.82) is 0 Å². The third kappa shape index (κ3) is 2.48. The lowest BCUT2D eigenvalue weighted by Crippen LogP contribution is -2.35. The number of furan rings is 1. The Morgan fingerprint density at radius 2 is 2.21 bits per heavy atom. The molecule has 1 saturated heterocycles. The Morgan fingerprint density at radius 3 is 2.79 bits per heavy atom. The van der Waals surface area contributed by atoms with Crippen molar-refractivity contribution >= 4 is 5.91 Å². The van der Waals surface area contributed by atoms with E-state index in [2.05, 4.69) is 10.2 Å². The Bertz CT molecular complexity index is 814. The van der Waals surface area contributed by atoms with Crippen molar-refractivity contribution in [1.82, 2.24) is 19.7 Å². The van der Waals surface area contributed by atoms with Gasteiger partial charge in [0.05, 0.1) is 18.7 Å². The third-order valence-electron chi connectivity index (χ3n) is 5.45. The van der Waals surface area contributed by atoms with Crippen LogP contribution in [-0.4, -0.2) is 32.1 Å². The molecular weight excluding hydrogens is 308 g/mol. The van der Waals surface area contributed by atoms with Crippen LogP contribution in [0.15, 0.2) is 21.5 Å². The fourth-order valence-electron chi connectivity index (χ4n) is 3.89. The molecule has 128 valence electrons. The molecule has 1 amide bonds. The number of hydrogen-bond acceptors (Lipinski definition) is 4. The van der Waals surface area contributed by atoms with E-state index in [-0.39, 0.29) is 24.1 Å². The van der Waals surface area contributed by atoms with Gasteiger partial charge >= 0.3 is 5.69 Å². The van der Waals surface area contributed by atoms with Gasteiger partial charge in [0, 0.05) is 13.6 Å². The highest BCUT2D eigenvalue weighted by atomic mass is 16.3. The van der Waals surface area contributed by atoms with Crippen molar-refractivity contribution in [3.8, 4) is 0 Å². The maximum atomic E-state index is 12.9. The first-order chi connectivity index (χ1) is 11.6. The summed E-state index contributed by atoms with van der Waals surface area (Å²) in [5.41, 5.74) is 0.755. The fourth-order valence-corrected chi connectivity index (χ4v) is 3.89. The molecule has 0 bridgehead atoms. The van der Waals surface area contributed by atoms with E-state index < -0.39 is 0 Å². The number of hydrogen-bond donors (Lipinski definition) is 1. The number of rotatable bonds is 4. The smallest absolute Gasteiger partial charge is 0.343 e. The van der Waals surface area contributed by atoms with E-state index in [4.69, 9.17) is 4.42 Å². The normalized spacial score (nSPS) is 23.8. The van der Waals surface area contributed by atoms with Crippen LogP contribution in [0.3, 0.4) is 0 Å². The summed E-state index contributed by atoms with van der Waals surface area (Å²) in [6, 6.07) is 1.75. The first-order valence-electron chi connectivity index (χ1n) is 8.50. The Hall–Kier alpha value is -2.31. The Kier molecular flexibility index (Phi) is 3.58. The van der Waals surface area contributed by atoms with Crippen LogP contribution in [0.2, 0.25) is 0 Å². The zero-order chi connectivity index (χ0) is 16.8. The van der Waals surface area contributed by atoms with Crippen LogP contribution < -0.4 is 5.69 Å². The van der Waals surface area contributed by atoms with Gasteiger partial charge < -0.3 is 9.32 Å². The summed E-state index contributed by atoms with van der Waals surface area (Å²) in [5, 5.41) is 6.72. The van der Waals surface area contributed by atoms with Crippen LogP contribution in [0.4, 0.5) is 0 Å². The Balaban J connectivity index is 1.63. The molecule has 1 N–H and O–H groups in total. The van der Waals surface area contributed by atoms with Gasteiger partial charge in [-0.05, 0) is 49.7 Å². The van der Waals surface area contributed by atoms with Gasteiger partial charge in [-0.1, -0.05) is 0 Å². The molecule has 2 aromatic rings. The van der Waals surface area contributed by atoms with Crippen LogP contribution >= 0.6 is 0 Å². The molecule has 2 unspecified atom stereocenters. The topological polar surface area (TPSA) is 84.1 Å². The summed E-state index contributed by atoms with van der Waals surface area (Å²) in [5.74, 6) is 2.45. The van der Waals surface area contributed by atoms with Gasteiger partial charge in [0.1, 0.15) is 5.76 Å². The van der Waals surface area contributed by atoms with E-state index >= 15 is 0 Å². The molecule has 0 spiro atoms. The highest BCUT2D eigenvalue weighted by Crippen LogP contribution is 2.49. The van der Waals surface area contributed by atoms with E-state index in [1.54, 1.807) is 13.3 Å². The van der Waals surface area contributed by atoms with Crippen molar-refractivity contribution in [2.75, 3.05) is 6.54 Å². The predicted molar refractivity (Wildman–Crippen MR) is 86.3 cm³/mol. The minimum absolute atomic E-state index is 0.0386. The minimum atomic E-state index is -0.235. The summed E-state index contributed by atoms with van der Waals surface area (Å²) in [6.07, 6.45) is 5.26. The number of amides is 1. The summed E-state index contributed by atoms with van der Waals surface area (Å²) >= 11 is 0. The van der Waals surface area contributed by atoms with E-state index in [0.29, 0.717) is 30.0 Å². The molecular formula is C17H22N4O3. The second-order valence-electron chi connectivity index (χ2n) is 6.97. The molecule has 7 heteroatoms. The molecule has 2 fully saturated rings. The van der Waals surface area contributed by atoms with Crippen LogP contribution in [-0.2, 0) is 18.3 Å². The SMILES string of the molecule is Cc1ccoc1CC(=O)N1CCC(C2CC2)C1c1n[nH]c(=O)n1C. The van der Waals surface area contributed by atoms with Crippen molar-refractivity contribution in [3.05, 3.63) is 40.0 Å². The van der Waals surface area contributed by atoms with E-state index in [0.717, 1.165) is 12.0 Å². The number of carbonyl (C=O) groups is 1. The largest absolute Gasteiger partial charge is 0.469 e. The Morgan fingerprint density at radius 1 is 1.42 bits per heavy atom. The zero-order valence-electron chi connectivity index (χ0n) is 14.0. The van der Waals surface area contributed by atoms with Gasteiger partial charge in [0.2, 0.25) is 5.91 Å². The second kappa shape index (κ2) is 5.65. The first-order valence-corrected chi connectivity index (χ1v) is 8.50. The lowest BCUT2D eigenvalue weighted by molar-refractivity contribution is -0.132. The molecule has 24 heavy (non-hydrogen) atoms. The standard InChI is InChI=1S/C17H22N4O3/c1-10-6-8-24-13(10)9-14(22)21-7-5-12(11-3-4-11)15(21)16-18-19-17(23)20(16)2/h6,8,11-12,15H,3-5,7,9H2,1-2H3,(H,19,23). The molecule has 1 aliphatic heterocycles. The number of aromatic amines is 1. The molecule has 2 aromatic heterocycles. The van der Waals surface area contributed by atoms with Gasteiger partial charge in [-0.15, -0.1) is 0 Å². The number of aryl methyl sites for hydroxylation is 1. The van der Waals surface area contributed by atoms with Crippen molar-refractivity contribution in [3.63, 3.8) is 0 Å². The highest BCUT2D eigenvalue weighted by molar-refractivity contribution is 5.79. The van der Waals surface area contributed by atoms with E-state index in [1.807, 2.05) is 17.9 Å². The molecule has 2 atom stereocenters. The van der Waals surface area contributed by atoms with Gasteiger partial charge in [-0.3, -0.25) is 9.36 Å². The molecule has 0 aromatic carbocycles. The first kappa shape index (κ1) is 15.2. The average Bonchev–Trinajstić information content (AvgIpc) is 3.06. The average molecular weight is 330 g/mol. The van der Waals surface area contributed by atoms with Crippen molar-refractivity contribution in [2.45, 2.75) is 38.6 Å². The van der Waals surface area contributed by atoms with E-state index in [9.17, 15) is 9.59 Å². The van der Waals surface area contributed by atoms with Crippen LogP contribution in [0.1, 0.15) is 42.5 Å². The molecule has 0 radical (unpaired) electrons. The van der Waals surface area contributed by atoms with Crippen LogP contribution in [0, 0.1) is 18.8 Å². The summed E-state index contributed by atoms with van der Waals surface area (Å²) in [4.78, 5) is 26.6. The molecule has 4 rings (SSSR count). The number of aromatic nitrogens is 3. The van der Waals surface area contributed by atoms with Gasteiger partial charge in [0.25, 0.3) is 0 Å². The van der Waals surface area contributed by atoms with Crippen molar-refractivity contribution < 1.29 is 9.21 Å². The maximum absolute atomic E-state index is 12.9. The predicted octanol–water partition coefficient (Wildman–Crippen LogP) is 1.55. The molecule has 7 nitrogen and oxygen atoms in total. The van der Waals surface area contributed by atoms with Crippen LogP contribution in [0.25, 0.3) is 0 Å². The van der Waals surface area contributed by atoms with Crippen LogP contribution in [0.5, 0.6) is 0 Å². The number of nitrogens with zero attached hydrogens (tertiary/aromatic N) is 3. The zero-order valence-corrected chi connectivity index (χ0v) is 14.0. The second-order valence-corrected chi connectivity index (χ2v) is 6.97. The number of likely N-dealkylation sites (tertiary alicyclic amines) is 1. The van der Waals surface area contributed by atoms with Crippen molar-refractivity contribution in [2.24, 2.45) is 18.9 Å². The summed E-state index contributed by atoms with van der Waals surface area (Å²) < 4.78 is 6.96. The maximum Gasteiger partial charge on any atom is 0.343 e. The number of carbonyl (C=O) groups excluding carboxylic acids is 1. The fraction of sp³-hybridized carbons (Fsp3) is 0.588. The van der Waals surface area contributed by atoms with Gasteiger partial charge in [-0.25, -0.2) is 9.89 Å². The number of H-pyrrole nitrogens is 1. The van der Waals surface area contributed by atoms with E-state index in [1.165, 1.54) is 17.4 Å². The lowest BCUT2D eigenvalue weighted by Gasteiger charge is -2.27. The molecule has 2 aliphatic rings. The third-order valence-corrected chi connectivity index (χ3v) is 5.45. The number of nitrogens with one attached hydrogen (secondary N) is 1. The quantitative estimate of drug-likeness (QED) is 0.922.